The fourth-order valence-electron chi connectivity index (χ4n) is 2.07. The summed E-state index contributed by atoms with van der Waals surface area (Å²) < 4.78 is 1.12. The van der Waals surface area contributed by atoms with Crippen LogP contribution in [0, 0.1) is 0 Å². The SMILES string of the molecule is C.C.CCCCCCCCCCCC[N+](C)(C)C.[Cl-]. The minimum absolute atomic E-state index is 0. The minimum atomic E-state index is 0. The van der Waals surface area contributed by atoms with Gasteiger partial charge in [-0.05, 0) is 12.8 Å². The lowest BCUT2D eigenvalue weighted by atomic mass is 10.1. The Kier molecular flexibility index (Phi) is 26.5. The lowest BCUT2D eigenvalue weighted by Crippen LogP contribution is -3.00. The lowest BCUT2D eigenvalue weighted by Gasteiger charge is -2.23. The van der Waals surface area contributed by atoms with E-state index in [1.807, 2.05) is 0 Å². The second-order valence-electron chi connectivity index (χ2n) is 6.20. The molecular weight excluding hydrogens is 254 g/mol. The Labute approximate surface area is 131 Å². The number of unbranched alkanes of at least 4 members (excludes halogenated alkanes) is 9. The Balaban J connectivity index is -0.000000375. The van der Waals surface area contributed by atoms with Crippen LogP contribution in [-0.4, -0.2) is 32.2 Å². The van der Waals surface area contributed by atoms with Gasteiger partial charge in [0.15, 0.2) is 0 Å². The first-order chi connectivity index (χ1) is 7.56. The van der Waals surface area contributed by atoms with Crippen molar-refractivity contribution in [3.63, 3.8) is 0 Å². The van der Waals surface area contributed by atoms with Crippen molar-refractivity contribution in [1.82, 2.24) is 0 Å². The molecule has 0 unspecified atom stereocenters. The van der Waals surface area contributed by atoms with Crippen molar-refractivity contribution in [2.75, 3.05) is 27.7 Å². The van der Waals surface area contributed by atoms with E-state index in [1.165, 1.54) is 70.8 Å². The molecule has 0 rings (SSSR count). The van der Waals surface area contributed by atoms with Crippen molar-refractivity contribution in [1.29, 1.82) is 0 Å². The molecule has 0 saturated heterocycles. The molecule has 19 heavy (non-hydrogen) atoms. The molecule has 2 heteroatoms. The van der Waals surface area contributed by atoms with Crippen LogP contribution in [-0.2, 0) is 0 Å². The second-order valence-corrected chi connectivity index (χ2v) is 6.20. The first kappa shape index (κ1) is 27.6. The molecule has 0 saturated carbocycles. The van der Waals surface area contributed by atoms with E-state index in [2.05, 4.69) is 28.1 Å². The van der Waals surface area contributed by atoms with Gasteiger partial charge in [-0.3, -0.25) is 0 Å². The molecule has 0 aliphatic carbocycles. The van der Waals surface area contributed by atoms with Gasteiger partial charge in [-0.25, -0.2) is 0 Å². The van der Waals surface area contributed by atoms with Crippen molar-refractivity contribution >= 4 is 0 Å². The Bertz CT molecular complexity index is 141. The monoisotopic (exact) mass is 295 g/mol. The number of quaternary nitrogens is 1. The zero-order chi connectivity index (χ0) is 12.3. The molecular formula is C17H42ClN. The summed E-state index contributed by atoms with van der Waals surface area (Å²) in [5.74, 6) is 0. The van der Waals surface area contributed by atoms with Crippen LogP contribution >= 0.6 is 0 Å². The standard InChI is InChI=1S/C15H34N.2CH4.ClH/c1-5-6-7-8-9-10-11-12-13-14-15-16(2,3)4;;;/h5-15H2,1-4H3;2*1H4;1H/q+1;;;/p-1. The molecule has 0 aromatic heterocycles. The average Bonchev–Trinajstić information content (AvgIpc) is 2.19. The molecule has 122 valence electrons. The van der Waals surface area contributed by atoms with Crippen LogP contribution in [0.4, 0.5) is 0 Å². The van der Waals surface area contributed by atoms with Crippen molar-refractivity contribution in [2.24, 2.45) is 0 Å². The third-order valence-corrected chi connectivity index (χ3v) is 3.18. The van der Waals surface area contributed by atoms with Gasteiger partial charge in [0, 0.05) is 0 Å². The summed E-state index contributed by atoms with van der Waals surface area (Å²) in [5.41, 5.74) is 0. The van der Waals surface area contributed by atoms with Crippen LogP contribution in [0.2, 0.25) is 0 Å². The summed E-state index contributed by atoms with van der Waals surface area (Å²) in [5, 5.41) is 0. The van der Waals surface area contributed by atoms with Crippen molar-refractivity contribution < 1.29 is 16.9 Å². The number of hydrogen-bond donors (Lipinski definition) is 0. The Morgan fingerprint density at radius 1 is 0.579 bits per heavy atom. The van der Waals surface area contributed by atoms with Gasteiger partial charge in [-0.1, -0.05) is 73.1 Å². The molecule has 0 N–H and O–H groups in total. The van der Waals surface area contributed by atoms with Gasteiger partial charge in [0.05, 0.1) is 27.7 Å². The van der Waals surface area contributed by atoms with E-state index in [1.54, 1.807) is 0 Å². The highest BCUT2D eigenvalue weighted by Crippen LogP contribution is 2.10. The van der Waals surface area contributed by atoms with Crippen LogP contribution < -0.4 is 12.4 Å². The van der Waals surface area contributed by atoms with Gasteiger partial charge in [0.2, 0.25) is 0 Å². The van der Waals surface area contributed by atoms with E-state index in [4.69, 9.17) is 0 Å². The van der Waals surface area contributed by atoms with Gasteiger partial charge < -0.3 is 16.9 Å². The molecule has 0 fully saturated rings. The summed E-state index contributed by atoms with van der Waals surface area (Å²) in [6, 6.07) is 0. The van der Waals surface area contributed by atoms with Gasteiger partial charge in [0.1, 0.15) is 0 Å². The molecule has 0 aromatic rings. The minimum Gasteiger partial charge on any atom is -1.00 e. The van der Waals surface area contributed by atoms with Gasteiger partial charge >= 0.3 is 0 Å². The van der Waals surface area contributed by atoms with Crippen molar-refractivity contribution in [2.45, 2.75) is 86.0 Å². The Hall–Kier alpha value is 0.250. The molecule has 0 amide bonds. The fourth-order valence-corrected chi connectivity index (χ4v) is 2.07. The molecule has 0 radical (unpaired) electrons. The maximum Gasteiger partial charge on any atom is 0.0780 e. The maximum absolute atomic E-state index is 2.29. The third kappa shape index (κ3) is 27.4. The maximum atomic E-state index is 2.29. The molecule has 0 aromatic carbocycles. The first-order valence-electron chi connectivity index (χ1n) is 7.36. The molecule has 0 spiro atoms. The van der Waals surface area contributed by atoms with Crippen LogP contribution in [0.15, 0.2) is 0 Å². The molecule has 0 aliphatic heterocycles. The van der Waals surface area contributed by atoms with E-state index in [0.717, 1.165) is 4.48 Å². The number of hydrogen-bond acceptors (Lipinski definition) is 0. The predicted molar refractivity (Wildman–Crippen MR) is 88.2 cm³/mol. The molecule has 0 aliphatic rings. The van der Waals surface area contributed by atoms with Gasteiger partial charge in [-0.15, -0.1) is 0 Å². The second kappa shape index (κ2) is 18.2. The number of nitrogens with zero attached hydrogens (tertiary/aromatic N) is 1. The summed E-state index contributed by atoms with van der Waals surface area (Å²) in [6.07, 6.45) is 14.4. The van der Waals surface area contributed by atoms with Crippen LogP contribution in [0.5, 0.6) is 0 Å². The van der Waals surface area contributed by atoms with Crippen LogP contribution in [0.25, 0.3) is 0 Å². The smallest absolute Gasteiger partial charge is 0.0780 e. The lowest BCUT2D eigenvalue weighted by molar-refractivity contribution is -0.870. The summed E-state index contributed by atoms with van der Waals surface area (Å²) >= 11 is 0. The fraction of sp³-hybridized carbons (Fsp3) is 1.00. The summed E-state index contributed by atoms with van der Waals surface area (Å²) in [6.45, 7) is 3.62. The zero-order valence-corrected chi connectivity index (χ0v) is 13.4. The molecule has 0 heterocycles. The highest BCUT2D eigenvalue weighted by molar-refractivity contribution is 4.47. The quantitative estimate of drug-likeness (QED) is 0.406. The van der Waals surface area contributed by atoms with E-state index < -0.39 is 0 Å². The molecule has 1 nitrogen and oxygen atoms in total. The highest BCUT2D eigenvalue weighted by Gasteiger charge is 2.04. The molecule has 0 atom stereocenters. The topological polar surface area (TPSA) is 0 Å². The molecule has 0 bridgehead atoms. The zero-order valence-electron chi connectivity index (χ0n) is 12.6. The van der Waals surface area contributed by atoms with Crippen molar-refractivity contribution in [3.05, 3.63) is 0 Å². The Morgan fingerprint density at radius 2 is 0.895 bits per heavy atom. The van der Waals surface area contributed by atoms with Gasteiger partial charge in [-0.2, -0.15) is 0 Å². The average molecular weight is 296 g/mol. The highest BCUT2D eigenvalue weighted by atomic mass is 35.5. The normalized spacial score (nSPS) is 10.1. The summed E-state index contributed by atoms with van der Waals surface area (Å²) in [7, 11) is 6.86. The number of halogens is 1. The van der Waals surface area contributed by atoms with E-state index in [9.17, 15) is 0 Å². The van der Waals surface area contributed by atoms with Crippen LogP contribution in [0.3, 0.4) is 0 Å². The summed E-state index contributed by atoms with van der Waals surface area (Å²) in [4.78, 5) is 0. The largest absolute Gasteiger partial charge is 1.00 e. The Morgan fingerprint density at radius 3 is 1.21 bits per heavy atom. The third-order valence-electron chi connectivity index (χ3n) is 3.18. The van der Waals surface area contributed by atoms with Crippen molar-refractivity contribution in [3.8, 4) is 0 Å². The van der Waals surface area contributed by atoms with E-state index >= 15 is 0 Å². The number of rotatable bonds is 11. The van der Waals surface area contributed by atoms with Gasteiger partial charge in [0.25, 0.3) is 0 Å². The first-order valence-corrected chi connectivity index (χ1v) is 7.36. The van der Waals surface area contributed by atoms with E-state index in [0.29, 0.717) is 0 Å². The predicted octanol–water partition coefficient (Wildman–Crippen LogP) is 2.89. The van der Waals surface area contributed by atoms with Crippen LogP contribution in [0.1, 0.15) is 86.0 Å². The van der Waals surface area contributed by atoms with E-state index in [-0.39, 0.29) is 27.3 Å².